The number of nitrogens with one attached hydrogen (secondary N) is 1. The van der Waals surface area contributed by atoms with Gasteiger partial charge in [-0.05, 0) is 49.1 Å². The minimum atomic E-state index is -0.465. The number of hydrazone groups is 1. The number of hydrogen-bond acceptors (Lipinski definition) is 9. The van der Waals surface area contributed by atoms with Crippen molar-refractivity contribution < 1.29 is 13.9 Å². The van der Waals surface area contributed by atoms with Gasteiger partial charge in [-0.15, -0.1) is 0 Å². The molecule has 218 valence electrons. The van der Waals surface area contributed by atoms with Gasteiger partial charge < -0.3 is 19.7 Å². The fourth-order valence-electron chi connectivity index (χ4n) is 5.40. The molecule has 6 rings (SSSR count). The summed E-state index contributed by atoms with van der Waals surface area (Å²) in [5.41, 5.74) is 3.19. The number of allylic oxidation sites excluding steroid dienone is 1. The Morgan fingerprint density at radius 1 is 1.21 bits per heavy atom. The topological polar surface area (TPSA) is 88.0 Å². The van der Waals surface area contributed by atoms with Gasteiger partial charge in [-0.25, -0.2) is 19.3 Å². The zero-order valence-corrected chi connectivity index (χ0v) is 24.3. The van der Waals surface area contributed by atoms with Crippen LogP contribution in [0.3, 0.4) is 0 Å². The molecule has 0 bridgehead atoms. The monoisotopic (exact) mass is 569 g/mol. The van der Waals surface area contributed by atoms with Crippen molar-refractivity contribution in [3.8, 4) is 11.5 Å². The third-order valence-corrected chi connectivity index (χ3v) is 7.62. The number of pyridine rings is 1. The van der Waals surface area contributed by atoms with Gasteiger partial charge in [0.2, 0.25) is 0 Å². The normalized spacial score (nSPS) is 19.6. The summed E-state index contributed by atoms with van der Waals surface area (Å²) in [6.07, 6.45) is 13.0. The van der Waals surface area contributed by atoms with Crippen molar-refractivity contribution in [2.75, 3.05) is 29.9 Å². The van der Waals surface area contributed by atoms with E-state index in [2.05, 4.69) is 45.7 Å². The van der Waals surface area contributed by atoms with Crippen LogP contribution in [0.4, 0.5) is 21.7 Å². The van der Waals surface area contributed by atoms with E-state index in [9.17, 15) is 0 Å². The zero-order chi connectivity index (χ0) is 29.2. The number of fused-ring (bicyclic) bond motifs is 3. The highest BCUT2D eigenvalue weighted by atomic mass is 19.1. The van der Waals surface area contributed by atoms with Crippen molar-refractivity contribution in [1.29, 1.82) is 0 Å². The Morgan fingerprint density at radius 2 is 2.10 bits per heavy atom. The quantitative estimate of drug-likeness (QED) is 0.302. The molecule has 10 heteroatoms. The third kappa shape index (κ3) is 5.79. The largest absolute Gasteiger partial charge is 0.489 e. The fourth-order valence-corrected chi connectivity index (χ4v) is 5.40. The van der Waals surface area contributed by atoms with Gasteiger partial charge in [-0.3, -0.25) is 5.01 Å². The molecule has 2 atom stereocenters. The van der Waals surface area contributed by atoms with Gasteiger partial charge in [-0.1, -0.05) is 33.3 Å². The number of benzene rings is 1. The molecule has 9 nitrogen and oxygen atoms in total. The molecule has 0 aliphatic carbocycles. The summed E-state index contributed by atoms with van der Waals surface area (Å²) in [7, 11) is 0. The van der Waals surface area contributed by atoms with E-state index in [4.69, 9.17) is 14.5 Å². The molecule has 3 aliphatic rings. The lowest BCUT2D eigenvalue weighted by Crippen LogP contribution is -2.31. The van der Waals surface area contributed by atoms with Crippen molar-refractivity contribution in [3.63, 3.8) is 0 Å². The maximum atomic E-state index is 15.5. The lowest BCUT2D eigenvalue weighted by atomic mass is 10.0. The standard InChI is InChI=1S/C32H36FN7O2/c1-5-6-7-9-39-17-21(3)18-41-29-15-27-30(38-32(29)39)31(35-19-34-27)37-26-12-22(4)28(14-25(26)33)42-24-8-10-40-23(13-24)11-20(2)16-36-40/h8,10,12-16,19,21,23H,2,5-7,9,11,17-18H2,1,3-4H3,(H,34,35,37). The minimum absolute atomic E-state index is 0.0263. The SMILES string of the molecule is C=C1C=NN2C=CC(Oc3cc(F)c(Nc4ncnc5cc6c(nc45)N(CCCCC)CC(C)CO6)cc3C)=CC2C1. The zero-order valence-electron chi connectivity index (χ0n) is 24.3. The Hall–Kier alpha value is -4.47. The number of aryl methyl sites for hydroxylation is 1. The second-order valence-corrected chi connectivity index (χ2v) is 11.2. The third-order valence-electron chi connectivity index (χ3n) is 7.62. The molecule has 2 aromatic heterocycles. The van der Waals surface area contributed by atoms with Crippen LogP contribution in [0.5, 0.6) is 11.5 Å². The van der Waals surface area contributed by atoms with Gasteiger partial charge in [0.15, 0.2) is 17.4 Å². The molecule has 42 heavy (non-hydrogen) atoms. The average Bonchev–Trinajstić information content (AvgIpc) is 3.12. The first-order valence-corrected chi connectivity index (χ1v) is 14.6. The number of ether oxygens (including phenoxy) is 2. The molecule has 3 aliphatic heterocycles. The highest BCUT2D eigenvalue weighted by molar-refractivity contribution is 5.90. The number of rotatable bonds is 8. The van der Waals surface area contributed by atoms with Crippen LogP contribution >= 0.6 is 0 Å². The van der Waals surface area contributed by atoms with Gasteiger partial charge in [0.05, 0.1) is 30.1 Å². The predicted octanol–water partition coefficient (Wildman–Crippen LogP) is 6.65. The van der Waals surface area contributed by atoms with Crippen molar-refractivity contribution in [3.05, 3.63) is 72.2 Å². The smallest absolute Gasteiger partial charge is 0.172 e. The number of nitrogens with zero attached hydrogens (tertiary/aromatic N) is 6. The van der Waals surface area contributed by atoms with E-state index in [0.717, 1.165) is 61.5 Å². The number of anilines is 3. The molecule has 1 N–H and O–H groups in total. The Labute approximate surface area is 245 Å². The van der Waals surface area contributed by atoms with E-state index < -0.39 is 5.82 Å². The Kier molecular flexibility index (Phi) is 7.78. The van der Waals surface area contributed by atoms with Crippen LogP contribution in [-0.4, -0.2) is 51.9 Å². The van der Waals surface area contributed by atoms with Crippen molar-refractivity contribution in [1.82, 2.24) is 20.0 Å². The first-order valence-electron chi connectivity index (χ1n) is 14.6. The number of hydrogen-bond donors (Lipinski definition) is 1. The average molecular weight is 570 g/mol. The van der Waals surface area contributed by atoms with Crippen LogP contribution in [0.2, 0.25) is 0 Å². The second-order valence-electron chi connectivity index (χ2n) is 11.2. The fraction of sp³-hybridized carbons (Fsp3) is 0.375. The summed E-state index contributed by atoms with van der Waals surface area (Å²) in [6.45, 7) is 12.6. The lowest BCUT2D eigenvalue weighted by molar-refractivity contribution is 0.273. The first kappa shape index (κ1) is 27.7. The van der Waals surface area contributed by atoms with Crippen molar-refractivity contribution in [2.24, 2.45) is 11.0 Å². The summed E-state index contributed by atoms with van der Waals surface area (Å²) in [5.74, 6) is 2.89. The molecule has 0 saturated carbocycles. The van der Waals surface area contributed by atoms with Crippen LogP contribution in [0.1, 0.15) is 45.1 Å². The van der Waals surface area contributed by atoms with E-state index in [0.29, 0.717) is 40.9 Å². The van der Waals surface area contributed by atoms with Crippen molar-refractivity contribution >= 4 is 34.6 Å². The molecule has 1 aromatic carbocycles. The van der Waals surface area contributed by atoms with Crippen LogP contribution < -0.4 is 19.7 Å². The molecule has 0 saturated heterocycles. The molecule has 0 spiro atoms. The summed E-state index contributed by atoms with van der Waals surface area (Å²) >= 11 is 0. The number of halogens is 1. The van der Waals surface area contributed by atoms with Crippen LogP contribution in [-0.2, 0) is 0 Å². The molecule has 0 amide bonds. The number of unbranched alkanes of at least 4 members (excludes halogenated alkanes) is 2. The van der Waals surface area contributed by atoms with E-state index in [-0.39, 0.29) is 11.7 Å². The number of aromatic nitrogens is 3. The van der Waals surface area contributed by atoms with Gasteiger partial charge in [0, 0.05) is 37.3 Å². The van der Waals surface area contributed by atoms with E-state index >= 15 is 4.39 Å². The highest BCUT2D eigenvalue weighted by Crippen LogP contribution is 2.36. The predicted molar refractivity (Wildman–Crippen MR) is 164 cm³/mol. The van der Waals surface area contributed by atoms with Crippen LogP contribution in [0.25, 0.3) is 11.0 Å². The molecular weight excluding hydrogens is 533 g/mol. The van der Waals surface area contributed by atoms with E-state index in [1.54, 1.807) is 12.3 Å². The molecule has 3 aromatic rings. The van der Waals surface area contributed by atoms with Gasteiger partial charge >= 0.3 is 0 Å². The molecule has 0 radical (unpaired) electrons. The van der Waals surface area contributed by atoms with Gasteiger partial charge in [-0.2, -0.15) is 5.10 Å². The molecule has 0 fully saturated rings. The van der Waals surface area contributed by atoms with Crippen LogP contribution in [0, 0.1) is 18.7 Å². The Bertz CT molecular complexity index is 1600. The molecule has 2 unspecified atom stereocenters. The van der Waals surface area contributed by atoms with Gasteiger partial charge in [0.25, 0.3) is 0 Å². The Morgan fingerprint density at radius 3 is 2.95 bits per heavy atom. The van der Waals surface area contributed by atoms with Crippen molar-refractivity contribution in [2.45, 2.75) is 52.5 Å². The maximum Gasteiger partial charge on any atom is 0.172 e. The first-order chi connectivity index (χ1) is 20.4. The maximum absolute atomic E-state index is 15.5. The molecular formula is C32H36FN7O2. The lowest BCUT2D eigenvalue weighted by Gasteiger charge is -2.30. The van der Waals surface area contributed by atoms with E-state index in [1.807, 2.05) is 36.4 Å². The van der Waals surface area contributed by atoms with E-state index in [1.165, 1.54) is 12.4 Å². The summed E-state index contributed by atoms with van der Waals surface area (Å²) in [4.78, 5) is 16.1. The van der Waals surface area contributed by atoms with Crippen LogP contribution in [0.15, 0.2) is 65.9 Å². The Balaban J connectivity index is 1.26. The molecule has 5 heterocycles. The highest BCUT2D eigenvalue weighted by Gasteiger charge is 2.25. The van der Waals surface area contributed by atoms with Gasteiger partial charge in [0.1, 0.15) is 29.2 Å². The summed E-state index contributed by atoms with van der Waals surface area (Å²) < 4.78 is 27.7. The minimum Gasteiger partial charge on any atom is -0.489 e. The summed E-state index contributed by atoms with van der Waals surface area (Å²) in [5, 5.41) is 9.38. The summed E-state index contributed by atoms with van der Waals surface area (Å²) in [6, 6.07) is 5.05. The second kappa shape index (κ2) is 11.8.